The van der Waals surface area contributed by atoms with Crippen LogP contribution in [0.15, 0.2) is 17.3 Å². The minimum atomic E-state index is -0.977. The van der Waals surface area contributed by atoms with Crippen LogP contribution in [0.2, 0.25) is 0 Å². The number of rotatable bonds is 8. The van der Waals surface area contributed by atoms with Crippen LogP contribution in [-0.4, -0.2) is 30.2 Å². The van der Waals surface area contributed by atoms with Crippen molar-refractivity contribution in [3.05, 3.63) is 17.1 Å². The summed E-state index contributed by atoms with van der Waals surface area (Å²) in [6, 6.07) is -0.977. The number of ether oxygens (including phenoxy) is 2. The molecule has 144 valence electrons. The lowest BCUT2D eigenvalue weighted by Crippen LogP contribution is -2.47. The molecule has 0 aromatic heterocycles. The van der Waals surface area contributed by atoms with Gasteiger partial charge in [0.1, 0.15) is 18.2 Å². The third-order valence-electron chi connectivity index (χ3n) is 4.10. The van der Waals surface area contributed by atoms with E-state index in [-0.39, 0.29) is 29.4 Å². The average molecular weight is 355 g/mol. The highest BCUT2D eigenvalue weighted by Gasteiger charge is 2.44. The highest BCUT2D eigenvalue weighted by molar-refractivity contribution is 5.86. The monoisotopic (exact) mass is 355 g/mol. The lowest BCUT2D eigenvalue weighted by Gasteiger charge is -2.44. The summed E-state index contributed by atoms with van der Waals surface area (Å²) in [5.41, 5.74) is -0.809. The fraction of sp³-hybridized carbons (Fsp3) is 0.789. The first-order valence-corrected chi connectivity index (χ1v) is 8.48. The van der Waals surface area contributed by atoms with E-state index in [4.69, 9.17) is 9.47 Å². The van der Waals surface area contributed by atoms with E-state index in [1.807, 2.05) is 27.7 Å². The Morgan fingerprint density at radius 2 is 1.60 bits per heavy atom. The Bertz CT molecular complexity index is 513. The largest absolute Gasteiger partial charge is 0.460 e. The Morgan fingerprint density at radius 3 is 1.96 bits per heavy atom. The molecule has 0 saturated heterocycles. The molecule has 0 amide bonds. The summed E-state index contributed by atoms with van der Waals surface area (Å²) < 4.78 is 10.7. The number of hydrogen-bond acceptors (Lipinski definition) is 6. The Hall–Kier alpha value is -1.72. The molecule has 0 heterocycles. The molecular formula is C19H33NO5. The molecule has 0 fully saturated rings. The summed E-state index contributed by atoms with van der Waals surface area (Å²) >= 11 is 0. The maximum atomic E-state index is 12.4. The van der Waals surface area contributed by atoms with Crippen molar-refractivity contribution in [2.45, 2.75) is 79.9 Å². The molecule has 0 spiro atoms. The Labute approximate surface area is 151 Å². The van der Waals surface area contributed by atoms with Crippen LogP contribution < -0.4 is 0 Å². The first-order valence-electron chi connectivity index (χ1n) is 8.48. The number of hydrogen-bond donors (Lipinski definition) is 0. The lowest BCUT2D eigenvalue weighted by atomic mass is 9.69. The third kappa shape index (κ3) is 8.27. The number of carbonyl (C=O) groups excluding carboxylic acids is 2. The highest BCUT2D eigenvalue weighted by atomic mass is 16.6. The van der Waals surface area contributed by atoms with Crippen molar-refractivity contribution in [1.82, 2.24) is 0 Å². The summed E-state index contributed by atoms with van der Waals surface area (Å²) in [5.74, 6) is -1.15. The van der Waals surface area contributed by atoms with Crippen LogP contribution in [0.1, 0.15) is 68.2 Å². The molecule has 0 aliphatic heterocycles. The van der Waals surface area contributed by atoms with Crippen LogP contribution >= 0.6 is 0 Å². The molecule has 0 aliphatic rings. The molecule has 2 atom stereocenters. The van der Waals surface area contributed by atoms with Crippen molar-refractivity contribution >= 4 is 11.9 Å². The van der Waals surface area contributed by atoms with Gasteiger partial charge in [0.05, 0.1) is 6.42 Å². The van der Waals surface area contributed by atoms with Crippen molar-refractivity contribution in [3.8, 4) is 0 Å². The molecule has 0 rings (SSSR count). The van der Waals surface area contributed by atoms with Gasteiger partial charge >= 0.3 is 11.9 Å². The van der Waals surface area contributed by atoms with Gasteiger partial charge in [-0.2, -0.15) is 4.91 Å². The second kappa shape index (κ2) is 8.59. The van der Waals surface area contributed by atoms with E-state index in [0.29, 0.717) is 6.42 Å². The Morgan fingerprint density at radius 1 is 1.08 bits per heavy atom. The predicted octanol–water partition coefficient (Wildman–Crippen LogP) is 4.42. The third-order valence-corrected chi connectivity index (χ3v) is 4.10. The number of nitrogens with zero attached hydrogens (tertiary/aromatic N) is 1. The highest BCUT2D eigenvalue weighted by Crippen LogP contribution is 2.42. The zero-order valence-corrected chi connectivity index (χ0v) is 16.9. The van der Waals surface area contributed by atoms with Crippen LogP contribution in [0.25, 0.3) is 0 Å². The summed E-state index contributed by atoms with van der Waals surface area (Å²) in [6.07, 6.45) is 0.432. The SMILES string of the molecule is C=C(C)C(=O)OCC(CC(=O)OC(C)(CC(C)(C)C)C(C)(C)C)N=O. The van der Waals surface area contributed by atoms with E-state index in [2.05, 4.69) is 32.5 Å². The van der Waals surface area contributed by atoms with Crippen molar-refractivity contribution < 1.29 is 19.1 Å². The van der Waals surface area contributed by atoms with Crippen LogP contribution in [0.5, 0.6) is 0 Å². The van der Waals surface area contributed by atoms with E-state index in [1.165, 1.54) is 6.92 Å². The standard InChI is InChI=1S/C19H33NO5/c1-13(2)16(22)24-11-14(20-23)10-15(21)25-19(9,18(6,7)8)12-17(3,4)5/h14H,1,10-12H2,2-9H3. The molecule has 25 heavy (non-hydrogen) atoms. The fourth-order valence-electron chi connectivity index (χ4n) is 2.37. The summed E-state index contributed by atoms with van der Waals surface area (Å²) in [6.45, 7) is 18.9. The minimum absolute atomic E-state index is 0.0400. The molecule has 2 unspecified atom stereocenters. The molecule has 0 aromatic rings. The summed E-state index contributed by atoms with van der Waals surface area (Å²) in [5, 5.41) is 2.87. The summed E-state index contributed by atoms with van der Waals surface area (Å²) in [7, 11) is 0. The van der Waals surface area contributed by atoms with Crippen molar-refractivity contribution in [3.63, 3.8) is 0 Å². The molecule has 0 N–H and O–H groups in total. The molecule has 0 aromatic carbocycles. The van der Waals surface area contributed by atoms with Gasteiger partial charge in [-0.3, -0.25) is 4.79 Å². The van der Waals surface area contributed by atoms with Gasteiger partial charge in [-0.05, 0) is 25.7 Å². The van der Waals surface area contributed by atoms with Gasteiger partial charge < -0.3 is 9.47 Å². The topological polar surface area (TPSA) is 82.0 Å². The number of nitroso groups, excluding NO2 is 1. The molecule has 0 bridgehead atoms. The normalized spacial score (nSPS) is 15.7. The Balaban J connectivity index is 4.98. The van der Waals surface area contributed by atoms with Crippen molar-refractivity contribution in [2.24, 2.45) is 16.0 Å². The van der Waals surface area contributed by atoms with E-state index >= 15 is 0 Å². The smallest absolute Gasteiger partial charge is 0.333 e. The van der Waals surface area contributed by atoms with Gasteiger partial charge in [-0.1, -0.05) is 53.3 Å². The zero-order chi connectivity index (χ0) is 20.1. The van der Waals surface area contributed by atoms with Crippen LogP contribution in [0.3, 0.4) is 0 Å². The molecule has 0 radical (unpaired) electrons. The van der Waals surface area contributed by atoms with E-state index in [9.17, 15) is 14.5 Å². The van der Waals surface area contributed by atoms with Gasteiger partial charge in [0.2, 0.25) is 0 Å². The quantitative estimate of drug-likeness (QED) is 0.366. The van der Waals surface area contributed by atoms with Gasteiger partial charge in [-0.25, -0.2) is 4.79 Å². The first-order chi connectivity index (χ1) is 11.1. The van der Waals surface area contributed by atoms with Gasteiger partial charge in [0, 0.05) is 11.0 Å². The maximum Gasteiger partial charge on any atom is 0.333 e. The number of carbonyl (C=O) groups is 2. The maximum absolute atomic E-state index is 12.4. The van der Waals surface area contributed by atoms with Gasteiger partial charge in [-0.15, -0.1) is 0 Å². The van der Waals surface area contributed by atoms with E-state index in [0.717, 1.165) is 0 Å². The molecule has 0 aliphatic carbocycles. The van der Waals surface area contributed by atoms with Crippen LogP contribution in [0, 0.1) is 15.7 Å². The van der Waals surface area contributed by atoms with E-state index < -0.39 is 23.6 Å². The van der Waals surface area contributed by atoms with Gasteiger partial charge in [0.25, 0.3) is 0 Å². The molecule has 6 heteroatoms. The van der Waals surface area contributed by atoms with Crippen LogP contribution in [-0.2, 0) is 19.1 Å². The molecule has 0 saturated carbocycles. The summed E-state index contributed by atoms with van der Waals surface area (Å²) in [4.78, 5) is 34.7. The molecule has 6 nitrogen and oxygen atoms in total. The lowest BCUT2D eigenvalue weighted by molar-refractivity contribution is -0.176. The van der Waals surface area contributed by atoms with Crippen LogP contribution in [0.4, 0.5) is 0 Å². The second-order valence-electron chi connectivity index (χ2n) is 9.03. The van der Waals surface area contributed by atoms with Crippen molar-refractivity contribution in [1.29, 1.82) is 0 Å². The Kier molecular flexibility index (Phi) is 8.00. The number of esters is 2. The minimum Gasteiger partial charge on any atom is -0.460 e. The fourth-order valence-corrected chi connectivity index (χ4v) is 2.37. The van der Waals surface area contributed by atoms with Crippen molar-refractivity contribution in [2.75, 3.05) is 6.61 Å². The first kappa shape index (κ1) is 23.3. The second-order valence-corrected chi connectivity index (χ2v) is 9.03. The van der Waals surface area contributed by atoms with E-state index in [1.54, 1.807) is 0 Å². The predicted molar refractivity (Wildman–Crippen MR) is 98.0 cm³/mol. The zero-order valence-electron chi connectivity index (χ0n) is 16.9. The average Bonchev–Trinajstić information content (AvgIpc) is 2.39. The molecular weight excluding hydrogens is 322 g/mol. The van der Waals surface area contributed by atoms with Gasteiger partial charge in [0.15, 0.2) is 0 Å².